The number of pyridine rings is 1. The fourth-order valence-corrected chi connectivity index (χ4v) is 3.95. The first-order valence-corrected chi connectivity index (χ1v) is 9.68. The fourth-order valence-electron chi connectivity index (χ4n) is 2.17. The largest absolute Gasteiger partial charge is 0.271 e. The van der Waals surface area contributed by atoms with Gasteiger partial charge < -0.3 is 0 Å². The van der Waals surface area contributed by atoms with E-state index in [1.54, 1.807) is 24.8 Å². The van der Waals surface area contributed by atoms with Gasteiger partial charge in [0.05, 0.1) is 23.7 Å². The number of benzene rings is 1. The smallest absolute Gasteiger partial charge is 0.155 e. The third kappa shape index (κ3) is 3.39. The molecule has 1 aliphatic rings. The second-order valence-corrected chi connectivity index (χ2v) is 8.41. The highest BCUT2D eigenvalue weighted by molar-refractivity contribution is 8.14. The molecular formula is C16H16N2O2S2. The van der Waals surface area contributed by atoms with E-state index in [9.17, 15) is 8.42 Å². The Hall–Kier alpha value is -1.66. The Bertz CT molecular complexity index is 830. The Balaban J connectivity index is 1.86. The maximum atomic E-state index is 11.7. The zero-order valence-electron chi connectivity index (χ0n) is 12.2. The lowest BCUT2D eigenvalue weighted by Crippen LogP contribution is -2.11. The van der Waals surface area contributed by atoms with Crippen molar-refractivity contribution in [3.63, 3.8) is 0 Å². The first kappa shape index (κ1) is 15.2. The topological polar surface area (TPSA) is 59.4 Å². The van der Waals surface area contributed by atoms with Crippen LogP contribution in [0.3, 0.4) is 0 Å². The summed E-state index contributed by atoms with van der Waals surface area (Å²) in [4.78, 5) is 10.2. The van der Waals surface area contributed by atoms with E-state index in [4.69, 9.17) is 0 Å². The van der Waals surface area contributed by atoms with Gasteiger partial charge in [-0.25, -0.2) is 13.4 Å². The average Bonchev–Trinajstić information content (AvgIpc) is 2.54. The molecule has 0 bridgehead atoms. The lowest BCUT2D eigenvalue weighted by molar-refractivity contribution is 0.596. The Kier molecular flexibility index (Phi) is 4.31. The molecule has 2 aromatic rings. The van der Waals surface area contributed by atoms with E-state index in [2.05, 4.69) is 22.1 Å². The van der Waals surface area contributed by atoms with Crippen LogP contribution in [0.4, 0.5) is 0 Å². The van der Waals surface area contributed by atoms with Crippen LogP contribution in [0.25, 0.3) is 0 Å². The van der Waals surface area contributed by atoms with E-state index in [1.165, 1.54) is 10.5 Å². The molecule has 1 aromatic carbocycles. The summed E-state index contributed by atoms with van der Waals surface area (Å²) in [7, 11) is -3.08. The van der Waals surface area contributed by atoms with Crippen molar-refractivity contribution in [3.8, 4) is 0 Å². The molecule has 0 radical (unpaired) electrons. The second-order valence-electron chi connectivity index (χ2n) is 5.02. The third-order valence-corrected chi connectivity index (χ3v) is 6.17. The van der Waals surface area contributed by atoms with Crippen LogP contribution in [0.15, 0.2) is 52.4 Å². The number of thioether (sulfide) groups is 1. The molecule has 0 amide bonds. The minimum Gasteiger partial charge on any atom is -0.271 e. The quantitative estimate of drug-likeness (QED) is 0.863. The van der Waals surface area contributed by atoms with Crippen molar-refractivity contribution in [1.29, 1.82) is 0 Å². The van der Waals surface area contributed by atoms with E-state index in [-0.39, 0.29) is 11.5 Å². The van der Waals surface area contributed by atoms with Gasteiger partial charge in [0.1, 0.15) is 5.04 Å². The standard InChI is InChI=1S/C16H16N2O2S2/c1-2-22(19,20)11-13-7-5-8-14(18-13)16-17-10-12-6-3-4-9-15(12)21-16/h3-9H,2,10-11H2,1H3. The number of sulfone groups is 1. The molecule has 0 saturated heterocycles. The van der Waals surface area contributed by atoms with Crippen molar-refractivity contribution in [2.24, 2.45) is 4.99 Å². The van der Waals surface area contributed by atoms with Crippen molar-refractivity contribution < 1.29 is 8.42 Å². The van der Waals surface area contributed by atoms with Crippen LogP contribution >= 0.6 is 11.8 Å². The van der Waals surface area contributed by atoms with Gasteiger partial charge in [0.15, 0.2) is 9.84 Å². The van der Waals surface area contributed by atoms with E-state index < -0.39 is 9.84 Å². The van der Waals surface area contributed by atoms with Gasteiger partial charge in [0, 0.05) is 10.6 Å². The number of nitrogens with zero attached hydrogens (tertiary/aromatic N) is 2. The number of aliphatic imine (C=N–C) groups is 1. The number of hydrogen-bond donors (Lipinski definition) is 0. The normalized spacial score (nSPS) is 14.3. The van der Waals surface area contributed by atoms with Crippen LogP contribution < -0.4 is 0 Å². The van der Waals surface area contributed by atoms with Crippen LogP contribution in [0, 0.1) is 0 Å². The molecular weight excluding hydrogens is 316 g/mol. The monoisotopic (exact) mass is 332 g/mol. The van der Waals surface area contributed by atoms with Gasteiger partial charge in [-0.1, -0.05) is 43.0 Å². The lowest BCUT2D eigenvalue weighted by atomic mass is 10.2. The van der Waals surface area contributed by atoms with Gasteiger partial charge in [-0.05, 0) is 23.8 Å². The lowest BCUT2D eigenvalue weighted by Gasteiger charge is -2.15. The molecule has 3 rings (SSSR count). The minimum atomic E-state index is -3.08. The van der Waals surface area contributed by atoms with Crippen LogP contribution in [-0.2, 0) is 22.1 Å². The van der Waals surface area contributed by atoms with Gasteiger partial charge in [-0.15, -0.1) is 0 Å². The predicted molar refractivity (Wildman–Crippen MR) is 89.9 cm³/mol. The molecule has 1 aliphatic heterocycles. The molecule has 4 nitrogen and oxygen atoms in total. The number of hydrogen-bond acceptors (Lipinski definition) is 5. The van der Waals surface area contributed by atoms with Crippen molar-refractivity contribution in [3.05, 3.63) is 59.4 Å². The summed E-state index contributed by atoms with van der Waals surface area (Å²) in [6.45, 7) is 2.29. The van der Waals surface area contributed by atoms with Gasteiger partial charge in [-0.2, -0.15) is 0 Å². The summed E-state index contributed by atoms with van der Waals surface area (Å²) < 4.78 is 23.5. The molecule has 0 aliphatic carbocycles. The van der Waals surface area contributed by atoms with Crippen molar-refractivity contribution >= 4 is 26.6 Å². The van der Waals surface area contributed by atoms with E-state index in [0.29, 0.717) is 12.2 Å². The molecule has 0 saturated carbocycles. The fraction of sp³-hybridized carbons (Fsp3) is 0.250. The first-order chi connectivity index (χ1) is 10.6. The van der Waals surface area contributed by atoms with Crippen molar-refractivity contribution in [2.75, 3.05) is 5.75 Å². The van der Waals surface area contributed by atoms with Crippen molar-refractivity contribution in [2.45, 2.75) is 24.1 Å². The van der Waals surface area contributed by atoms with E-state index in [1.807, 2.05) is 24.3 Å². The Morgan fingerprint density at radius 2 is 1.95 bits per heavy atom. The highest BCUT2D eigenvalue weighted by atomic mass is 32.2. The summed E-state index contributed by atoms with van der Waals surface area (Å²) in [6, 6.07) is 13.6. The highest BCUT2D eigenvalue weighted by Crippen LogP contribution is 2.31. The van der Waals surface area contributed by atoms with Crippen LogP contribution in [0.5, 0.6) is 0 Å². The van der Waals surface area contributed by atoms with Gasteiger partial charge >= 0.3 is 0 Å². The predicted octanol–water partition coefficient (Wildman–Crippen LogP) is 3.07. The van der Waals surface area contributed by atoms with Crippen LogP contribution in [-0.4, -0.2) is 24.2 Å². The number of rotatable bonds is 4. The molecule has 22 heavy (non-hydrogen) atoms. The Morgan fingerprint density at radius 3 is 2.77 bits per heavy atom. The maximum Gasteiger partial charge on any atom is 0.155 e. The third-order valence-electron chi connectivity index (χ3n) is 3.41. The molecule has 0 N–H and O–H groups in total. The average molecular weight is 332 g/mol. The Labute approximate surface area is 134 Å². The van der Waals surface area contributed by atoms with Crippen LogP contribution in [0.2, 0.25) is 0 Å². The second kappa shape index (κ2) is 6.22. The van der Waals surface area contributed by atoms with Crippen molar-refractivity contribution in [1.82, 2.24) is 4.98 Å². The molecule has 2 heterocycles. The molecule has 6 heteroatoms. The van der Waals surface area contributed by atoms with Gasteiger partial charge in [-0.3, -0.25) is 4.99 Å². The summed E-state index contributed by atoms with van der Waals surface area (Å²) >= 11 is 1.58. The first-order valence-electron chi connectivity index (χ1n) is 7.04. The zero-order valence-corrected chi connectivity index (χ0v) is 13.8. The number of fused-ring (bicyclic) bond motifs is 1. The highest BCUT2D eigenvalue weighted by Gasteiger charge is 2.17. The van der Waals surface area contributed by atoms with E-state index in [0.717, 1.165) is 10.7 Å². The number of aromatic nitrogens is 1. The molecule has 1 aromatic heterocycles. The molecule has 114 valence electrons. The summed E-state index contributed by atoms with van der Waals surface area (Å²) in [5.74, 6) is 0.105. The minimum absolute atomic E-state index is 0.0220. The SMILES string of the molecule is CCS(=O)(=O)Cc1cccc(C2=NCc3ccccc3S2)n1. The zero-order chi connectivity index (χ0) is 15.6. The molecule has 0 spiro atoms. The van der Waals surface area contributed by atoms with Gasteiger partial charge in [0.2, 0.25) is 0 Å². The molecule has 0 unspecified atom stereocenters. The van der Waals surface area contributed by atoms with Crippen LogP contribution in [0.1, 0.15) is 23.9 Å². The molecule has 0 atom stereocenters. The van der Waals surface area contributed by atoms with E-state index >= 15 is 0 Å². The maximum absolute atomic E-state index is 11.7. The van der Waals surface area contributed by atoms with Gasteiger partial charge in [0.25, 0.3) is 0 Å². The summed E-state index contributed by atoms with van der Waals surface area (Å²) in [5, 5.41) is 0.842. The summed E-state index contributed by atoms with van der Waals surface area (Å²) in [6.07, 6.45) is 0. The summed E-state index contributed by atoms with van der Waals surface area (Å²) in [5.41, 5.74) is 2.52. The molecule has 0 fully saturated rings. The Morgan fingerprint density at radius 1 is 1.14 bits per heavy atom.